The first-order valence-corrected chi connectivity index (χ1v) is 6.87. The molecule has 2 aromatic rings. The molecule has 0 unspecified atom stereocenters. The van der Waals surface area contributed by atoms with Crippen molar-refractivity contribution in [1.82, 2.24) is 5.32 Å². The van der Waals surface area contributed by atoms with Gasteiger partial charge in [-0.05, 0) is 36.0 Å². The molecular weight excluding hydrogens is 310 g/mol. The van der Waals surface area contributed by atoms with E-state index in [-0.39, 0.29) is 5.69 Å². The number of rotatable bonds is 4. The Labute approximate surface area is 132 Å². The topological polar surface area (TPSA) is 67.2 Å². The molecule has 0 heterocycles. The van der Waals surface area contributed by atoms with E-state index in [1.54, 1.807) is 12.1 Å². The molecule has 2 rings (SSSR count). The van der Waals surface area contributed by atoms with Crippen molar-refractivity contribution in [2.75, 3.05) is 5.32 Å². The van der Waals surface area contributed by atoms with Gasteiger partial charge >= 0.3 is 0 Å². The second kappa shape index (κ2) is 7.01. The minimum atomic E-state index is -0.447. The molecule has 0 aromatic heterocycles. The van der Waals surface area contributed by atoms with Gasteiger partial charge in [-0.15, -0.1) is 0 Å². The van der Waals surface area contributed by atoms with Crippen LogP contribution < -0.4 is 10.6 Å². The molecule has 0 fully saturated rings. The maximum atomic E-state index is 10.6. The van der Waals surface area contributed by atoms with Crippen LogP contribution in [0, 0.1) is 10.1 Å². The van der Waals surface area contributed by atoms with Gasteiger partial charge in [0.1, 0.15) is 0 Å². The van der Waals surface area contributed by atoms with Crippen molar-refractivity contribution in [2.24, 2.45) is 0 Å². The van der Waals surface area contributed by atoms with E-state index in [0.29, 0.717) is 22.4 Å². The number of thiocarbonyl (C=S) groups is 1. The zero-order valence-electron chi connectivity index (χ0n) is 10.9. The highest BCUT2D eigenvalue weighted by Gasteiger charge is 2.05. The fourth-order valence-corrected chi connectivity index (χ4v) is 2.05. The molecule has 0 saturated heterocycles. The number of nitro groups is 1. The van der Waals surface area contributed by atoms with E-state index >= 15 is 0 Å². The highest BCUT2D eigenvalue weighted by atomic mass is 35.5. The first kappa shape index (κ1) is 15.2. The predicted octanol–water partition coefficient (Wildman–Crippen LogP) is 3.73. The van der Waals surface area contributed by atoms with E-state index in [9.17, 15) is 10.1 Å². The molecule has 0 radical (unpaired) electrons. The standard InChI is InChI=1S/C14H12ClN3O2S/c15-13-4-2-1-3-10(13)9-16-14(21)17-11-5-7-12(8-6-11)18(19)20/h1-8H,9H2,(H2,16,17,21). The van der Waals surface area contributed by atoms with Gasteiger partial charge < -0.3 is 10.6 Å². The summed E-state index contributed by atoms with van der Waals surface area (Å²) in [6.45, 7) is 0.499. The summed E-state index contributed by atoms with van der Waals surface area (Å²) in [5, 5.41) is 17.6. The summed E-state index contributed by atoms with van der Waals surface area (Å²) in [6.07, 6.45) is 0. The molecule has 0 saturated carbocycles. The first-order chi connectivity index (χ1) is 10.1. The maximum Gasteiger partial charge on any atom is 0.269 e. The zero-order valence-corrected chi connectivity index (χ0v) is 12.4. The van der Waals surface area contributed by atoms with Crippen LogP contribution in [0.4, 0.5) is 11.4 Å². The van der Waals surface area contributed by atoms with Crippen molar-refractivity contribution >= 4 is 40.3 Å². The normalized spacial score (nSPS) is 9.95. The van der Waals surface area contributed by atoms with Gasteiger partial charge in [-0.25, -0.2) is 0 Å². The molecule has 0 spiro atoms. The fraction of sp³-hybridized carbons (Fsp3) is 0.0714. The first-order valence-electron chi connectivity index (χ1n) is 6.09. The number of hydrogen-bond donors (Lipinski definition) is 2. The number of anilines is 1. The van der Waals surface area contributed by atoms with Gasteiger partial charge in [-0.3, -0.25) is 10.1 Å². The lowest BCUT2D eigenvalue weighted by Crippen LogP contribution is -2.27. The molecule has 7 heteroatoms. The van der Waals surface area contributed by atoms with E-state index in [1.807, 2.05) is 24.3 Å². The zero-order chi connectivity index (χ0) is 15.2. The minimum absolute atomic E-state index is 0.0375. The van der Waals surface area contributed by atoms with Crippen molar-refractivity contribution in [3.63, 3.8) is 0 Å². The van der Waals surface area contributed by atoms with Gasteiger partial charge in [0.2, 0.25) is 0 Å². The maximum absolute atomic E-state index is 10.6. The lowest BCUT2D eigenvalue weighted by atomic mass is 10.2. The van der Waals surface area contributed by atoms with E-state index in [4.69, 9.17) is 23.8 Å². The quantitative estimate of drug-likeness (QED) is 0.510. The van der Waals surface area contributed by atoms with E-state index in [1.165, 1.54) is 12.1 Å². The third-order valence-corrected chi connectivity index (χ3v) is 3.35. The van der Waals surface area contributed by atoms with E-state index in [0.717, 1.165) is 5.56 Å². The summed E-state index contributed by atoms with van der Waals surface area (Å²) < 4.78 is 0. The van der Waals surface area contributed by atoms with Crippen molar-refractivity contribution < 1.29 is 4.92 Å². The number of nitrogens with one attached hydrogen (secondary N) is 2. The molecule has 0 atom stereocenters. The molecule has 21 heavy (non-hydrogen) atoms. The summed E-state index contributed by atoms with van der Waals surface area (Å²) >= 11 is 11.2. The van der Waals surface area contributed by atoms with Gasteiger partial charge in [0, 0.05) is 29.4 Å². The average Bonchev–Trinajstić information content (AvgIpc) is 2.47. The summed E-state index contributed by atoms with van der Waals surface area (Å²) in [6, 6.07) is 13.5. The van der Waals surface area contributed by atoms with E-state index in [2.05, 4.69) is 10.6 Å². The largest absolute Gasteiger partial charge is 0.358 e. The second-order valence-electron chi connectivity index (χ2n) is 4.20. The molecule has 2 N–H and O–H groups in total. The van der Waals surface area contributed by atoms with Crippen LogP contribution in [0.5, 0.6) is 0 Å². The average molecular weight is 322 g/mol. The van der Waals surface area contributed by atoms with Crippen LogP contribution in [0.1, 0.15) is 5.56 Å². The molecule has 0 bridgehead atoms. The number of hydrogen-bond acceptors (Lipinski definition) is 3. The number of nitrogens with zero attached hydrogens (tertiary/aromatic N) is 1. The fourth-order valence-electron chi connectivity index (χ4n) is 1.66. The highest BCUT2D eigenvalue weighted by Crippen LogP contribution is 2.16. The monoisotopic (exact) mass is 321 g/mol. The lowest BCUT2D eigenvalue weighted by molar-refractivity contribution is -0.384. The third-order valence-electron chi connectivity index (χ3n) is 2.73. The van der Waals surface area contributed by atoms with Gasteiger partial charge in [0.25, 0.3) is 5.69 Å². The summed E-state index contributed by atoms with van der Waals surface area (Å²) in [4.78, 5) is 10.1. The minimum Gasteiger partial charge on any atom is -0.358 e. The Morgan fingerprint density at radius 1 is 1.19 bits per heavy atom. The van der Waals surface area contributed by atoms with Crippen LogP contribution in [0.15, 0.2) is 48.5 Å². The number of nitro benzene ring substituents is 1. The summed E-state index contributed by atoms with van der Waals surface area (Å²) in [5.74, 6) is 0. The molecule has 0 amide bonds. The number of non-ortho nitro benzene ring substituents is 1. The summed E-state index contributed by atoms with van der Waals surface area (Å²) in [7, 11) is 0. The van der Waals surface area contributed by atoms with Crippen molar-refractivity contribution in [3.8, 4) is 0 Å². The lowest BCUT2D eigenvalue weighted by Gasteiger charge is -2.11. The highest BCUT2D eigenvalue weighted by molar-refractivity contribution is 7.80. The molecule has 108 valence electrons. The molecule has 2 aromatic carbocycles. The smallest absolute Gasteiger partial charge is 0.269 e. The van der Waals surface area contributed by atoms with Crippen LogP contribution >= 0.6 is 23.8 Å². The van der Waals surface area contributed by atoms with Gasteiger partial charge in [-0.2, -0.15) is 0 Å². The molecule has 0 aliphatic carbocycles. The number of benzene rings is 2. The number of halogens is 1. The van der Waals surface area contributed by atoms with Crippen molar-refractivity contribution in [3.05, 3.63) is 69.2 Å². The van der Waals surface area contributed by atoms with Crippen LogP contribution in [0.2, 0.25) is 5.02 Å². The molecule has 5 nitrogen and oxygen atoms in total. The second-order valence-corrected chi connectivity index (χ2v) is 5.02. The predicted molar refractivity (Wildman–Crippen MR) is 87.6 cm³/mol. The van der Waals surface area contributed by atoms with Crippen LogP contribution in [-0.4, -0.2) is 10.0 Å². The van der Waals surface area contributed by atoms with Crippen LogP contribution in [0.3, 0.4) is 0 Å². The van der Waals surface area contributed by atoms with Gasteiger partial charge in [0.05, 0.1) is 4.92 Å². The van der Waals surface area contributed by atoms with Crippen molar-refractivity contribution in [2.45, 2.75) is 6.54 Å². The van der Waals surface area contributed by atoms with E-state index < -0.39 is 4.92 Å². The van der Waals surface area contributed by atoms with Crippen molar-refractivity contribution in [1.29, 1.82) is 0 Å². The molecule has 0 aliphatic heterocycles. The van der Waals surface area contributed by atoms with Crippen LogP contribution in [-0.2, 0) is 6.54 Å². The third kappa shape index (κ3) is 4.40. The Kier molecular flexibility index (Phi) is 5.08. The van der Waals surface area contributed by atoms with Gasteiger partial charge in [-0.1, -0.05) is 29.8 Å². The Hall–Kier alpha value is -2.18. The molecule has 0 aliphatic rings. The Bertz CT molecular complexity index is 662. The Morgan fingerprint density at radius 3 is 2.48 bits per heavy atom. The van der Waals surface area contributed by atoms with Gasteiger partial charge in [0.15, 0.2) is 5.11 Å². The SMILES string of the molecule is O=[N+]([O-])c1ccc(NC(=S)NCc2ccccc2Cl)cc1. The van der Waals surface area contributed by atoms with Crippen LogP contribution in [0.25, 0.3) is 0 Å². The summed E-state index contributed by atoms with van der Waals surface area (Å²) in [5.41, 5.74) is 1.65. The Balaban J connectivity index is 1.90. The molecular formula is C14H12ClN3O2S. The Morgan fingerprint density at radius 2 is 1.86 bits per heavy atom.